The first-order valence-electron chi connectivity index (χ1n) is 20.9. The van der Waals surface area contributed by atoms with E-state index in [-0.39, 0.29) is 55.4 Å². The number of morpholine rings is 1. The van der Waals surface area contributed by atoms with E-state index in [1.807, 2.05) is 39.0 Å². The third-order valence-electron chi connectivity index (χ3n) is 13.4. The number of amides is 1. The molecule has 2 aliphatic heterocycles. The van der Waals surface area contributed by atoms with Gasteiger partial charge in [-0.2, -0.15) is 0 Å². The van der Waals surface area contributed by atoms with Crippen LogP contribution in [0.15, 0.2) is 30.9 Å². The zero-order chi connectivity index (χ0) is 40.2. The number of carboxylic acid groups (broad SMARTS) is 1. The number of benzene rings is 1. The molecule has 1 unspecified atom stereocenters. The van der Waals surface area contributed by atoms with E-state index in [0.717, 1.165) is 51.0 Å². The summed E-state index contributed by atoms with van der Waals surface area (Å²) in [6.07, 6.45) is 6.02. The Balaban J connectivity index is 1.04. The number of carbonyl (C=O) groups is 4. The minimum absolute atomic E-state index is 0.0901. The zero-order valence-corrected chi connectivity index (χ0v) is 34.1. The number of hydrogen-bond acceptors (Lipinski definition) is 10. The minimum Gasteiger partial charge on any atom is -0.491 e. The lowest BCUT2D eigenvalue weighted by molar-refractivity contribution is -0.157. The summed E-state index contributed by atoms with van der Waals surface area (Å²) < 4.78 is 24.3. The lowest BCUT2D eigenvalue weighted by atomic mass is 9.77. The molecule has 6 aliphatic rings. The van der Waals surface area contributed by atoms with Crippen LogP contribution >= 0.6 is 11.6 Å². The van der Waals surface area contributed by atoms with Gasteiger partial charge in [-0.15, -0.1) is 6.58 Å². The second-order valence-electron chi connectivity index (χ2n) is 18.5. The van der Waals surface area contributed by atoms with E-state index in [4.69, 9.17) is 35.5 Å². The van der Waals surface area contributed by atoms with Crippen LogP contribution < -0.4 is 9.47 Å². The monoisotopic (exact) mass is 805 g/mol. The standard InChI is InChI=1S/C44H56ClN3O9/c1-5-28-22-44(28,42(52)53)23-35(49)34-19-30(24-48(34)41(51)32(43(2,3)4)20-38(50)57-29-17-26-16-27(26)18-29)56-37-21-33(25-6-7-25)46-40-31(37)8-9-36(39(40)45)55-15-12-47-10-13-54-14-11-47/h5,8-9,21,25-30,32,34H,1,6-7,10-20,22-24H2,2-4H3,(H,52,53)/t26-,27+,28-,29?,30-,32-,34+,44-/m1/s1. The van der Waals surface area contributed by atoms with Crippen LogP contribution in [0.3, 0.4) is 0 Å². The van der Waals surface area contributed by atoms with E-state index in [0.29, 0.717) is 65.5 Å². The van der Waals surface area contributed by atoms with Crippen LogP contribution in [-0.4, -0.2) is 108 Å². The predicted octanol–water partition coefficient (Wildman–Crippen LogP) is 6.46. The summed E-state index contributed by atoms with van der Waals surface area (Å²) in [6.45, 7) is 14.0. The lowest BCUT2D eigenvalue weighted by Gasteiger charge is -2.35. The largest absolute Gasteiger partial charge is 0.491 e. The van der Waals surface area contributed by atoms with Gasteiger partial charge in [0.2, 0.25) is 5.91 Å². The number of fused-ring (bicyclic) bond motifs is 2. The zero-order valence-electron chi connectivity index (χ0n) is 33.4. The van der Waals surface area contributed by atoms with Gasteiger partial charge in [0.1, 0.15) is 35.3 Å². The fraction of sp³-hybridized carbons (Fsp3) is 0.659. The molecule has 1 N–H and O–H groups in total. The first kappa shape index (κ1) is 40.1. The highest BCUT2D eigenvalue weighted by molar-refractivity contribution is 6.36. The van der Waals surface area contributed by atoms with Gasteiger partial charge in [-0.3, -0.25) is 29.1 Å². The van der Waals surface area contributed by atoms with Crippen LogP contribution in [0.25, 0.3) is 10.9 Å². The summed E-state index contributed by atoms with van der Waals surface area (Å²) in [7, 11) is 0. The number of likely N-dealkylation sites (tertiary alicyclic amines) is 1. The van der Waals surface area contributed by atoms with Crippen molar-refractivity contribution in [3.8, 4) is 11.5 Å². The highest BCUT2D eigenvalue weighted by atomic mass is 35.5. The van der Waals surface area contributed by atoms with Gasteiger partial charge in [-0.25, -0.2) is 0 Å². The number of hydrogen-bond donors (Lipinski definition) is 1. The number of ketones is 1. The molecule has 6 fully saturated rings. The number of nitrogens with zero attached hydrogens (tertiary/aromatic N) is 3. The number of carboxylic acids is 1. The Morgan fingerprint density at radius 2 is 1.81 bits per heavy atom. The van der Waals surface area contributed by atoms with Gasteiger partial charge in [-0.1, -0.05) is 38.4 Å². The highest BCUT2D eigenvalue weighted by Gasteiger charge is 2.61. The Kier molecular flexibility index (Phi) is 11.1. The van der Waals surface area contributed by atoms with Gasteiger partial charge in [-0.05, 0) is 73.8 Å². The van der Waals surface area contributed by atoms with Crippen LogP contribution in [0.5, 0.6) is 11.5 Å². The van der Waals surface area contributed by atoms with Crippen molar-refractivity contribution in [1.29, 1.82) is 0 Å². The van der Waals surface area contributed by atoms with E-state index in [1.54, 1.807) is 11.0 Å². The molecular weight excluding hydrogens is 750 g/mol. The maximum absolute atomic E-state index is 14.7. The molecule has 1 aromatic carbocycles. The Morgan fingerprint density at radius 3 is 2.46 bits per heavy atom. The van der Waals surface area contributed by atoms with Gasteiger partial charge >= 0.3 is 11.9 Å². The predicted molar refractivity (Wildman–Crippen MR) is 212 cm³/mol. The average molecular weight is 806 g/mol. The molecule has 2 aromatic rings. The molecule has 57 heavy (non-hydrogen) atoms. The SMILES string of the molecule is C=C[C@@H]1C[C@]1(CC(=O)[C@@H]1C[C@@H](Oc2cc(C3CC3)nc3c(Cl)c(OCCN4CCOCC4)ccc23)CN1C(=O)[C@@H](CC(=O)OC1C[C@@H]2C[C@@H]2C1)C(C)(C)C)C(=O)O. The third kappa shape index (κ3) is 8.55. The number of pyridine rings is 1. The van der Waals surface area contributed by atoms with Crippen molar-refractivity contribution >= 4 is 46.1 Å². The molecule has 12 nitrogen and oxygen atoms in total. The molecular formula is C44H56ClN3O9. The minimum atomic E-state index is -1.24. The summed E-state index contributed by atoms with van der Waals surface area (Å²) in [5.41, 5.74) is -0.438. The topological polar surface area (TPSA) is 145 Å². The van der Waals surface area contributed by atoms with Gasteiger partial charge in [0.05, 0.1) is 49.1 Å². The Bertz CT molecular complexity index is 1910. The Hall–Kier alpha value is -3.74. The Morgan fingerprint density at radius 1 is 1.07 bits per heavy atom. The van der Waals surface area contributed by atoms with Crippen LogP contribution in [0.1, 0.15) is 90.2 Å². The van der Waals surface area contributed by atoms with Crippen LogP contribution in [-0.2, 0) is 28.7 Å². The number of allylic oxidation sites excluding steroid dienone is 1. The van der Waals surface area contributed by atoms with E-state index in [2.05, 4.69) is 11.5 Å². The van der Waals surface area contributed by atoms with Gasteiger partial charge in [0.15, 0.2) is 5.78 Å². The average Bonchev–Trinajstić information content (AvgIpc) is 4.14. The van der Waals surface area contributed by atoms with E-state index >= 15 is 0 Å². The number of rotatable bonds is 16. The van der Waals surface area contributed by atoms with E-state index in [1.165, 1.54) is 6.42 Å². The van der Waals surface area contributed by atoms with Crippen molar-refractivity contribution in [1.82, 2.24) is 14.8 Å². The van der Waals surface area contributed by atoms with Crippen molar-refractivity contribution < 1.29 is 43.2 Å². The maximum Gasteiger partial charge on any atom is 0.310 e. The van der Waals surface area contributed by atoms with Crippen molar-refractivity contribution in [3.63, 3.8) is 0 Å². The molecule has 308 valence electrons. The first-order valence-corrected chi connectivity index (χ1v) is 21.2. The molecule has 4 saturated carbocycles. The van der Waals surface area contributed by atoms with E-state index in [9.17, 15) is 24.3 Å². The van der Waals surface area contributed by atoms with Crippen LogP contribution in [0, 0.1) is 34.5 Å². The molecule has 8 atom stereocenters. The molecule has 0 radical (unpaired) electrons. The highest BCUT2D eigenvalue weighted by Crippen LogP contribution is 2.57. The second-order valence-corrected chi connectivity index (χ2v) is 18.9. The lowest BCUT2D eigenvalue weighted by Crippen LogP contribution is -2.48. The molecule has 8 rings (SSSR count). The molecule has 3 heterocycles. The van der Waals surface area contributed by atoms with Crippen molar-refractivity contribution in [2.24, 2.45) is 34.5 Å². The summed E-state index contributed by atoms with van der Waals surface area (Å²) in [4.78, 5) is 63.6. The smallest absolute Gasteiger partial charge is 0.310 e. The summed E-state index contributed by atoms with van der Waals surface area (Å²) in [5.74, 6) is -0.545. The van der Waals surface area contributed by atoms with Gasteiger partial charge < -0.3 is 29.0 Å². The molecule has 2 saturated heterocycles. The summed E-state index contributed by atoms with van der Waals surface area (Å²) >= 11 is 7.01. The molecule has 0 bridgehead atoms. The van der Waals surface area contributed by atoms with Gasteiger partial charge in [0.25, 0.3) is 0 Å². The number of aromatic nitrogens is 1. The fourth-order valence-electron chi connectivity index (χ4n) is 9.46. The number of ether oxygens (including phenoxy) is 4. The number of esters is 1. The second kappa shape index (κ2) is 15.8. The molecule has 1 amide bonds. The van der Waals surface area contributed by atoms with Crippen molar-refractivity contribution in [2.75, 3.05) is 46.0 Å². The number of carbonyl (C=O) groups excluding carboxylic acids is 3. The summed E-state index contributed by atoms with van der Waals surface area (Å²) in [6, 6.07) is 4.72. The maximum atomic E-state index is 14.7. The first-order chi connectivity index (χ1) is 27.2. The quantitative estimate of drug-likeness (QED) is 0.148. The summed E-state index contributed by atoms with van der Waals surface area (Å²) in [5, 5.41) is 11.3. The third-order valence-corrected chi connectivity index (χ3v) is 13.8. The normalized spacial score (nSPS) is 30.1. The van der Waals surface area contributed by atoms with Gasteiger partial charge in [0, 0.05) is 55.5 Å². The van der Waals surface area contributed by atoms with Crippen LogP contribution in [0.2, 0.25) is 5.02 Å². The molecule has 1 aromatic heterocycles. The van der Waals surface area contributed by atoms with E-state index < -0.39 is 40.8 Å². The number of Topliss-reactive ketones (excluding diaryl/α,β-unsaturated/α-hetero) is 1. The molecule has 4 aliphatic carbocycles. The Labute approximate surface area is 339 Å². The van der Waals surface area contributed by atoms with Crippen molar-refractivity contribution in [2.45, 2.75) is 103 Å². The fourth-order valence-corrected chi connectivity index (χ4v) is 9.72. The molecule has 13 heteroatoms. The number of aliphatic carboxylic acids is 1. The number of halogens is 1. The molecule has 0 spiro atoms. The van der Waals surface area contributed by atoms with Crippen molar-refractivity contribution in [3.05, 3.63) is 41.6 Å². The van der Waals surface area contributed by atoms with Crippen LogP contribution in [0.4, 0.5) is 0 Å².